The van der Waals surface area contributed by atoms with E-state index in [1.165, 1.54) is 17.7 Å². The lowest BCUT2D eigenvalue weighted by molar-refractivity contribution is 0.104. The molecule has 8 nitrogen and oxygen atoms in total. The van der Waals surface area contributed by atoms with E-state index in [9.17, 15) is 9.18 Å². The van der Waals surface area contributed by atoms with Crippen LogP contribution in [-0.2, 0) is 13.0 Å². The first kappa shape index (κ1) is 24.3. The summed E-state index contributed by atoms with van der Waals surface area (Å²) < 4.78 is 15.2. The lowest BCUT2D eigenvalue weighted by Gasteiger charge is -2.38. The average Bonchev–Trinajstić information content (AvgIpc) is 3.34. The zero-order chi connectivity index (χ0) is 25.1. The van der Waals surface area contributed by atoms with E-state index < -0.39 is 6.04 Å². The van der Waals surface area contributed by atoms with E-state index in [4.69, 9.17) is 0 Å². The number of hydrogen-bond donors (Lipinski definition) is 1. The first-order chi connectivity index (χ1) is 17.6. The van der Waals surface area contributed by atoms with Crippen LogP contribution in [0.4, 0.5) is 4.39 Å². The maximum absolute atomic E-state index is 13.5. The third kappa shape index (κ3) is 5.08. The van der Waals surface area contributed by atoms with E-state index in [0.29, 0.717) is 17.9 Å². The van der Waals surface area contributed by atoms with Crippen LogP contribution < -0.4 is 5.56 Å². The van der Waals surface area contributed by atoms with Crippen molar-refractivity contribution in [2.24, 2.45) is 0 Å². The molecule has 2 aromatic carbocycles. The van der Waals surface area contributed by atoms with Gasteiger partial charge in [0.05, 0.1) is 6.54 Å². The van der Waals surface area contributed by atoms with Gasteiger partial charge in [-0.05, 0) is 76.7 Å². The minimum Gasteiger partial charge on any atom is -0.322 e. The van der Waals surface area contributed by atoms with Crippen molar-refractivity contribution in [1.29, 1.82) is 0 Å². The van der Waals surface area contributed by atoms with Gasteiger partial charge in [0, 0.05) is 37.3 Å². The Morgan fingerprint density at radius 2 is 1.75 bits per heavy atom. The van der Waals surface area contributed by atoms with Crippen molar-refractivity contribution in [2.45, 2.75) is 39.3 Å². The zero-order valence-electron chi connectivity index (χ0n) is 20.8. The van der Waals surface area contributed by atoms with E-state index in [-0.39, 0.29) is 11.4 Å². The number of pyridine rings is 1. The predicted octanol–water partition coefficient (Wildman–Crippen LogP) is 3.38. The molecule has 188 valence electrons. The van der Waals surface area contributed by atoms with Gasteiger partial charge in [-0.1, -0.05) is 32.0 Å². The Morgan fingerprint density at radius 1 is 1.00 bits per heavy atom. The van der Waals surface area contributed by atoms with Crippen LogP contribution in [0.15, 0.2) is 53.3 Å². The lowest BCUT2D eigenvalue weighted by Crippen LogP contribution is -2.49. The van der Waals surface area contributed by atoms with Crippen LogP contribution in [0.25, 0.3) is 10.9 Å². The molecule has 3 heterocycles. The Morgan fingerprint density at radius 3 is 2.47 bits per heavy atom. The molecule has 1 N–H and O–H groups in total. The van der Waals surface area contributed by atoms with Crippen molar-refractivity contribution in [2.75, 3.05) is 32.7 Å². The van der Waals surface area contributed by atoms with Crippen LogP contribution in [0, 0.1) is 5.82 Å². The minimum absolute atomic E-state index is 0.135. The zero-order valence-corrected chi connectivity index (χ0v) is 20.8. The Kier molecular flexibility index (Phi) is 7.20. The highest BCUT2D eigenvalue weighted by molar-refractivity contribution is 5.80. The fraction of sp³-hybridized carbons (Fsp3) is 0.407. The largest absolute Gasteiger partial charge is 0.322 e. The van der Waals surface area contributed by atoms with Crippen molar-refractivity contribution >= 4 is 10.9 Å². The van der Waals surface area contributed by atoms with Gasteiger partial charge in [-0.2, -0.15) is 0 Å². The highest BCUT2D eigenvalue weighted by Crippen LogP contribution is 2.28. The van der Waals surface area contributed by atoms with Crippen molar-refractivity contribution < 1.29 is 4.39 Å². The molecule has 1 atom stereocenters. The summed E-state index contributed by atoms with van der Waals surface area (Å²) in [6.07, 6.45) is 2.03. The summed E-state index contributed by atoms with van der Waals surface area (Å²) in [6, 6.07) is 14.1. The van der Waals surface area contributed by atoms with Gasteiger partial charge in [0.1, 0.15) is 11.9 Å². The van der Waals surface area contributed by atoms with Crippen molar-refractivity contribution in [3.8, 4) is 0 Å². The Labute approximate surface area is 209 Å². The number of nitrogens with zero attached hydrogens (tertiary/aromatic N) is 6. The molecule has 0 aliphatic carbocycles. The quantitative estimate of drug-likeness (QED) is 0.409. The smallest absolute Gasteiger partial charge is 0.253 e. The third-order valence-corrected chi connectivity index (χ3v) is 7.00. The van der Waals surface area contributed by atoms with Crippen LogP contribution in [0.3, 0.4) is 0 Å². The van der Waals surface area contributed by atoms with Crippen molar-refractivity contribution in [1.82, 2.24) is 35.0 Å². The van der Waals surface area contributed by atoms with E-state index >= 15 is 0 Å². The van der Waals surface area contributed by atoms with Gasteiger partial charge >= 0.3 is 0 Å². The van der Waals surface area contributed by atoms with Gasteiger partial charge in [0.2, 0.25) is 0 Å². The minimum atomic E-state index is -0.400. The monoisotopic (exact) mass is 489 g/mol. The van der Waals surface area contributed by atoms with Crippen LogP contribution in [-0.4, -0.2) is 67.7 Å². The molecule has 1 saturated heterocycles. The lowest BCUT2D eigenvalue weighted by atomic mass is 10.0. The van der Waals surface area contributed by atoms with E-state index in [1.54, 1.807) is 16.8 Å². The molecule has 0 saturated carbocycles. The summed E-state index contributed by atoms with van der Waals surface area (Å²) in [7, 11) is 0. The molecule has 1 aliphatic rings. The fourth-order valence-electron chi connectivity index (χ4n) is 5.04. The molecule has 2 aromatic heterocycles. The first-order valence-electron chi connectivity index (χ1n) is 12.7. The summed E-state index contributed by atoms with van der Waals surface area (Å²) in [5.74, 6) is 0.326. The molecular weight excluding hydrogens is 457 g/mol. The Hall–Kier alpha value is -3.43. The van der Waals surface area contributed by atoms with Gasteiger partial charge in [-0.15, -0.1) is 5.10 Å². The van der Waals surface area contributed by atoms with Gasteiger partial charge in [-0.25, -0.2) is 9.07 Å². The number of fused-ring (bicyclic) bond motifs is 1. The second-order valence-corrected chi connectivity index (χ2v) is 9.43. The number of piperazine rings is 1. The molecule has 0 bridgehead atoms. The number of H-pyrrole nitrogens is 1. The standard InChI is InChI=1S/C27H32FN7O/c1-3-11-33-12-14-34(15-13-33)25(23-17-21-16-19(4-2)7-10-24(21)29-27(23)36)26-30-31-32-35(26)18-20-5-8-22(28)9-6-20/h5-10,16-17,25H,3-4,11-15,18H2,1-2H3,(H,29,36)/t25-/m0/s1. The maximum Gasteiger partial charge on any atom is 0.253 e. The van der Waals surface area contributed by atoms with E-state index in [1.807, 2.05) is 18.2 Å². The number of tetrazole rings is 1. The molecule has 9 heteroatoms. The topological polar surface area (TPSA) is 82.9 Å². The molecule has 5 rings (SSSR count). The molecule has 36 heavy (non-hydrogen) atoms. The van der Waals surface area contributed by atoms with Crippen molar-refractivity contribution in [3.63, 3.8) is 0 Å². The SMILES string of the molecule is CCCN1CCN([C@@H](c2cc3cc(CC)ccc3[nH]c2=O)c2nnnn2Cc2ccc(F)cc2)CC1. The summed E-state index contributed by atoms with van der Waals surface area (Å²) in [4.78, 5) is 21.3. The highest BCUT2D eigenvalue weighted by atomic mass is 19.1. The Balaban J connectivity index is 1.57. The molecule has 0 amide bonds. The third-order valence-electron chi connectivity index (χ3n) is 7.00. The second kappa shape index (κ2) is 10.7. The number of halogens is 1. The summed E-state index contributed by atoms with van der Waals surface area (Å²) in [6.45, 7) is 9.23. The number of aryl methyl sites for hydroxylation is 1. The van der Waals surface area contributed by atoms with Gasteiger partial charge < -0.3 is 9.88 Å². The number of aromatic amines is 1. The number of aromatic nitrogens is 5. The summed E-state index contributed by atoms with van der Waals surface area (Å²) in [5.41, 5.74) is 3.42. The fourth-order valence-corrected chi connectivity index (χ4v) is 5.04. The average molecular weight is 490 g/mol. The molecule has 4 aromatic rings. The second-order valence-electron chi connectivity index (χ2n) is 9.43. The normalized spacial score (nSPS) is 16.0. The van der Waals surface area contributed by atoms with Crippen LogP contribution >= 0.6 is 0 Å². The molecule has 1 fully saturated rings. The number of hydrogen-bond acceptors (Lipinski definition) is 6. The van der Waals surface area contributed by atoms with Crippen LogP contribution in [0.5, 0.6) is 0 Å². The molecule has 1 aliphatic heterocycles. The molecule has 0 spiro atoms. The number of benzene rings is 2. The van der Waals surface area contributed by atoms with E-state index in [0.717, 1.165) is 62.0 Å². The summed E-state index contributed by atoms with van der Waals surface area (Å²) in [5, 5.41) is 13.6. The van der Waals surface area contributed by atoms with E-state index in [2.05, 4.69) is 50.2 Å². The Bertz CT molecular complexity index is 1370. The van der Waals surface area contributed by atoms with Crippen LogP contribution in [0.2, 0.25) is 0 Å². The number of nitrogens with one attached hydrogen (secondary N) is 1. The van der Waals surface area contributed by atoms with Crippen LogP contribution in [0.1, 0.15) is 48.8 Å². The highest BCUT2D eigenvalue weighted by Gasteiger charge is 2.32. The maximum atomic E-state index is 13.5. The van der Waals surface area contributed by atoms with Crippen molar-refractivity contribution in [3.05, 3.63) is 87.2 Å². The van der Waals surface area contributed by atoms with Gasteiger partial charge in [0.15, 0.2) is 5.82 Å². The molecule has 0 radical (unpaired) electrons. The predicted molar refractivity (Wildman–Crippen MR) is 137 cm³/mol. The van der Waals surface area contributed by atoms with Gasteiger partial charge in [-0.3, -0.25) is 9.69 Å². The molecular formula is C27H32FN7O. The van der Waals surface area contributed by atoms with Gasteiger partial charge in [0.25, 0.3) is 5.56 Å². The number of rotatable bonds is 8. The molecule has 0 unspecified atom stereocenters. The first-order valence-corrected chi connectivity index (χ1v) is 12.7. The summed E-state index contributed by atoms with van der Waals surface area (Å²) >= 11 is 0.